The van der Waals surface area contributed by atoms with Crippen LogP contribution in [0, 0.1) is 0 Å². The Balaban J connectivity index is 2.52. The van der Waals surface area contributed by atoms with Gasteiger partial charge in [0.1, 0.15) is 5.76 Å². The summed E-state index contributed by atoms with van der Waals surface area (Å²) in [4.78, 5) is 0. The number of benzene rings is 2. The number of rotatable bonds is 4. The lowest BCUT2D eigenvalue weighted by Gasteiger charge is -2.23. The molecule has 0 aromatic heterocycles. The van der Waals surface area contributed by atoms with Crippen molar-refractivity contribution in [2.75, 3.05) is 0 Å². The van der Waals surface area contributed by atoms with Crippen molar-refractivity contribution < 1.29 is 8.82 Å². The number of halogens is 1. The Morgan fingerprint density at radius 3 is 1.70 bits per heavy atom. The maximum atomic E-state index is 14.8. The average Bonchev–Trinajstić information content (AvgIpc) is 2.45. The normalized spacial score (nSPS) is 12.8. The van der Waals surface area contributed by atoms with Crippen LogP contribution in [0.25, 0.3) is 11.6 Å². The Morgan fingerprint density at radius 1 is 0.800 bits per heavy atom. The minimum atomic E-state index is -1.90. The zero-order valence-corrected chi connectivity index (χ0v) is 13.1. The van der Waals surface area contributed by atoms with Crippen LogP contribution in [0.4, 0.5) is 4.39 Å². The highest BCUT2D eigenvalue weighted by Crippen LogP contribution is 2.30. The van der Waals surface area contributed by atoms with Gasteiger partial charge >= 0.3 is 0 Å². The largest absolute Gasteiger partial charge is 0.542 e. The summed E-state index contributed by atoms with van der Waals surface area (Å²) in [5.74, 6) is 0.0372. The van der Waals surface area contributed by atoms with E-state index in [1.165, 1.54) is 0 Å². The SMILES string of the molecule is C[Si](C)(C)O/C(=C(\F)c1ccccc1)c1ccccc1. The van der Waals surface area contributed by atoms with Gasteiger partial charge in [0.25, 0.3) is 0 Å². The van der Waals surface area contributed by atoms with Gasteiger partial charge in [0, 0.05) is 11.1 Å². The highest BCUT2D eigenvalue weighted by molar-refractivity contribution is 6.70. The van der Waals surface area contributed by atoms with Crippen LogP contribution in [0.15, 0.2) is 60.7 Å². The summed E-state index contributed by atoms with van der Waals surface area (Å²) >= 11 is 0. The van der Waals surface area contributed by atoms with Gasteiger partial charge in [-0.25, -0.2) is 4.39 Å². The molecule has 2 aromatic carbocycles. The molecule has 20 heavy (non-hydrogen) atoms. The van der Waals surface area contributed by atoms with Crippen molar-refractivity contribution in [1.82, 2.24) is 0 Å². The van der Waals surface area contributed by atoms with Crippen LogP contribution < -0.4 is 0 Å². The molecule has 0 unspecified atom stereocenters. The molecule has 0 bridgehead atoms. The molecule has 0 aliphatic rings. The van der Waals surface area contributed by atoms with Gasteiger partial charge in [-0.3, -0.25) is 0 Å². The van der Waals surface area contributed by atoms with Gasteiger partial charge in [-0.05, 0) is 19.6 Å². The summed E-state index contributed by atoms with van der Waals surface area (Å²) in [5, 5.41) is 0. The highest BCUT2D eigenvalue weighted by atomic mass is 28.4. The van der Waals surface area contributed by atoms with E-state index in [9.17, 15) is 4.39 Å². The molecule has 0 fully saturated rings. The Kier molecular flexibility index (Phi) is 4.40. The van der Waals surface area contributed by atoms with Gasteiger partial charge in [0.15, 0.2) is 5.83 Å². The van der Waals surface area contributed by atoms with E-state index < -0.39 is 8.32 Å². The molecule has 0 atom stereocenters. The molecule has 0 saturated heterocycles. The Bertz CT molecular complexity index is 585. The molecular formula is C17H19FOSi. The van der Waals surface area contributed by atoms with Crippen molar-refractivity contribution >= 4 is 19.9 Å². The standard InChI is InChI=1S/C17H19FOSi/c1-20(2,3)19-17(15-12-8-5-9-13-15)16(18)14-10-6-4-7-11-14/h4-13H,1-3H3/b17-16-. The molecule has 0 amide bonds. The molecule has 0 saturated carbocycles. The van der Waals surface area contributed by atoms with Gasteiger partial charge in [-0.1, -0.05) is 60.7 Å². The van der Waals surface area contributed by atoms with Crippen molar-refractivity contribution in [3.8, 4) is 0 Å². The molecule has 0 aliphatic heterocycles. The predicted molar refractivity (Wildman–Crippen MR) is 85.2 cm³/mol. The van der Waals surface area contributed by atoms with E-state index in [1.807, 2.05) is 68.2 Å². The van der Waals surface area contributed by atoms with Crippen molar-refractivity contribution in [3.05, 3.63) is 71.8 Å². The molecule has 0 N–H and O–H groups in total. The monoisotopic (exact) mass is 286 g/mol. The van der Waals surface area contributed by atoms with Gasteiger partial charge in [-0.2, -0.15) is 0 Å². The summed E-state index contributed by atoms with van der Waals surface area (Å²) in [6.45, 7) is 6.15. The smallest absolute Gasteiger partial charge is 0.242 e. The minimum absolute atomic E-state index is 0.306. The average molecular weight is 286 g/mol. The van der Waals surface area contributed by atoms with Crippen molar-refractivity contribution in [1.29, 1.82) is 0 Å². The second kappa shape index (κ2) is 6.05. The van der Waals surface area contributed by atoms with E-state index in [0.29, 0.717) is 11.3 Å². The lowest BCUT2D eigenvalue weighted by atomic mass is 10.1. The van der Waals surface area contributed by atoms with E-state index in [4.69, 9.17) is 4.43 Å². The van der Waals surface area contributed by atoms with Crippen LogP contribution in [0.5, 0.6) is 0 Å². The Hall–Kier alpha value is -1.87. The maximum Gasteiger partial charge on any atom is 0.242 e. The van der Waals surface area contributed by atoms with Crippen LogP contribution in [0.1, 0.15) is 11.1 Å². The molecule has 0 radical (unpaired) electrons. The van der Waals surface area contributed by atoms with Gasteiger partial charge < -0.3 is 4.43 Å². The summed E-state index contributed by atoms with van der Waals surface area (Å²) in [6.07, 6.45) is 0. The molecule has 0 heterocycles. The van der Waals surface area contributed by atoms with E-state index in [0.717, 1.165) is 5.56 Å². The zero-order valence-electron chi connectivity index (χ0n) is 12.1. The van der Waals surface area contributed by atoms with E-state index in [1.54, 1.807) is 12.1 Å². The van der Waals surface area contributed by atoms with Gasteiger partial charge in [0.05, 0.1) is 0 Å². The molecular weight excluding hydrogens is 267 g/mol. The quantitative estimate of drug-likeness (QED) is 0.419. The van der Waals surface area contributed by atoms with Crippen molar-refractivity contribution in [2.45, 2.75) is 19.6 Å². The summed E-state index contributed by atoms with van der Waals surface area (Å²) in [6, 6.07) is 18.5. The fourth-order valence-electron chi connectivity index (χ4n) is 1.84. The van der Waals surface area contributed by atoms with Crippen molar-refractivity contribution in [3.63, 3.8) is 0 Å². The van der Waals surface area contributed by atoms with Crippen molar-refractivity contribution in [2.24, 2.45) is 0 Å². The Morgan fingerprint density at radius 2 is 1.25 bits per heavy atom. The second-order valence-electron chi connectivity index (χ2n) is 5.59. The van der Waals surface area contributed by atoms with Gasteiger partial charge in [-0.15, -0.1) is 0 Å². The first-order valence-electron chi connectivity index (χ1n) is 6.67. The first-order chi connectivity index (χ1) is 9.47. The zero-order chi connectivity index (χ0) is 14.6. The number of hydrogen-bond donors (Lipinski definition) is 0. The fourth-order valence-corrected chi connectivity index (χ4v) is 2.66. The van der Waals surface area contributed by atoms with Crippen LogP contribution in [0.2, 0.25) is 19.6 Å². The summed E-state index contributed by atoms with van der Waals surface area (Å²) < 4.78 is 20.8. The van der Waals surface area contributed by atoms with Crippen LogP contribution in [0.3, 0.4) is 0 Å². The van der Waals surface area contributed by atoms with Gasteiger partial charge in [0.2, 0.25) is 8.32 Å². The Labute approximate surface area is 120 Å². The summed E-state index contributed by atoms with van der Waals surface area (Å²) in [7, 11) is -1.90. The third kappa shape index (κ3) is 3.81. The topological polar surface area (TPSA) is 9.23 Å². The van der Waals surface area contributed by atoms with E-state index in [2.05, 4.69) is 0 Å². The molecule has 0 aliphatic carbocycles. The van der Waals surface area contributed by atoms with Crippen LogP contribution in [-0.2, 0) is 4.43 Å². The molecule has 104 valence electrons. The maximum absolute atomic E-state index is 14.8. The van der Waals surface area contributed by atoms with E-state index in [-0.39, 0.29) is 5.83 Å². The van der Waals surface area contributed by atoms with Crippen LogP contribution in [-0.4, -0.2) is 8.32 Å². The third-order valence-electron chi connectivity index (χ3n) is 2.67. The molecule has 2 rings (SSSR count). The van der Waals surface area contributed by atoms with E-state index >= 15 is 0 Å². The highest BCUT2D eigenvalue weighted by Gasteiger charge is 2.22. The summed E-state index contributed by atoms with van der Waals surface area (Å²) in [5.41, 5.74) is 1.32. The lowest BCUT2D eigenvalue weighted by Crippen LogP contribution is -2.24. The first-order valence-corrected chi connectivity index (χ1v) is 10.1. The predicted octanol–water partition coefficient (Wildman–Crippen LogP) is 5.33. The van der Waals surface area contributed by atoms with Crippen LogP contribution >= 0.6 is 0 Å². The third-order valence-corrected chi connectivity index (χ3v) is 3.49. The lowest BCUT2D eigenvalue weighted by molar-refractivity contribution is 0.506. The second-order valence-corrected chi connectivity index (χ2v) is 10.0. The molecule has 0 spiro atoms. The fraction of sp³-hybridized carbons (Fsp3) is 0.176. The first kappa shape index (κ1) is 14.5. The molecule has 1 nitrogen and oxygen atoms in total. The molecule has 3 heteroatoms. The molecule has 2 aromatic rings. The minimum Gasteiger partial charge on any atom is -0.542 e. The number of hydrogen-bond acceptors (Lipinski definition) is 1.